The Kier molecular flexibility index (Phi) is 2.81. The number of rotatable bonds is 2. The van der Waals surface area contributed by atoms with Crippen LogP contribution in [0.15, 0.2) is 16.9 Å². The standard InChI is InChI=1S/C8H8BrNO2/c1-5-6(2-8(11)12)3-10-4-7(5)9/h3-4H,2H2,1H3,(H,11,12). The van der Waals surface area contributed by atoms with Crippen LogP contribution in [-0.4, -0.2) is 16.1 Å². The molecule has 0 radical (unpaired) electrons. The minimum Gasteiger partial charge on any atom is -0.481 e. The van der Waals surface area contributed by atoms with Crippen molar-refractivity contribution in [2.75, 3.05) is 0 Å². The van der Waals surface area contributed by atoms with E-state index in [9.17, 15) is 4.79 Å². The number of carbonyl (C=O) groups is 1. The first-order chi connectivity index (χ1) is 5.61. The third-order valence-corrected chi connectivity index (χ3v) is 2.40. The fourth-order valence-electron chi connectivity index (χ4n) is 0.881. The van der Waals surface area contributed by atoms with Crippen molar-refractivity contribution in [2.24, 2.45) is 0 Å². The van der Waals surface area contributed by atoms with Crippen LogP contribution in [0.1, 0.15) is 11.1 Å². The lowest BCUT2D eigenvalue weighted by atomic mass is 10.1. The first kappa shape index (κ1) is 9.19. The number of nitrogens with zero attached hydrogens (tertiary/aromatic N) is 1. The van der Waals surface area contributed by atoms with Gasteiger partial charge in [0, 0.05) is 16.9 Å². The van der Waals surface area contributed by atoms with Gasteiger partial charge in [0.25, 0.3) is 0 Å². The number of carboxylic acid groups (broad SMARTS) is 1. The molecule has 0 atom stereocenters. The predicted octanol–water partition coefficient (Wildman–Crippen LogP) is 1.78. The lowest BCUT2D eigenvalue weighted by molar-refractivity contribution is -0.136. The minimum atomic E-state index is -0.835. The molecule has 64 valence electrons. The summed E-state index contributed by atoms with van der Waals surface area (Å²) in [5.74, 6) is -0.835. The molecule has 0 spiro atoms. The van der Waals surface area contributed by atoms with E-state index in [1.54, 1.807) is 12.4 Å². The average molecular weight is 230 g/mol. The van der Waals surface area contributed by atoms with Crippen molar-refractivity contribution in [1.29, 1.82) is 0 Å². The maximum absolute atomic E-state index is 10.4. The van der Waals surface area contributed by atoms with Gasteiger partial charge in [-0.25, -0.2) is 0 Å². The Labute approximate surface area is 78.6 Å². The van der Waals surface area contributed by atoms with Crippen LogP contribution >= 0.6 is 15.9 Å². The van der Waals surface area contributed by atoms with Crippen molar-refractivity contribution in [2.45, 2.75) is 13.3 Å². The molecule has 1 heterocycles. The van der Waals surface area contributed by atoms with Crippen LogP contribution in [0.3, 0.4) is 0 Å². The van der Waals surface area contributed by atoms with Crippen LogP contribution in [0.4, 0.5) is 0 Å². The Morgan fingerprint density at radius 2 is 2.33 bits per heavy atom. The molecule has 0 aliphatic heterocycles. The van der Waals surface area contributed by atoms with Gasteiger partial charge in [-0.2, -0.15) is 0 Å². The highest BCUT2D eigenvalue weighted by Crippen LogP contribution is 2.17. The van der Waals surface area contributed by atoms with E-state index in [4.69, 9.17) is 5.11 Å². The summed E-state index contributed by atoms with van der Waals surface area (Å²) in [6.07, 6.45) is 3.26. The lowest BCUT2D eigenvalue weighted by Gasteiger charge is -2.02. The van der Waals surface area contributed by atoms with E-state index in [1.165, 1.54) is 0 Å². The molecular formula is C8H8BrNO2. The quantitative estimate of drug-likeness (QED) is 0.842. The molecule has 1 rings (SSSR count). The Morgan fingerprint density at radius 3 is 2.92 bits per heavy atom. The summed E-state index contributed by atoms with van der Waals surface area (Å²) in [5, 5.41) is 8.54. The molecule has 0 saturated heterocycles. The monoisotopic (exact) mass is 229 g/mol. The molecule has 0 fully saturated rings. The van der Waals surface area contributed by atoms with Gasteiger partial charge < -0.3 is 5.11 Å². The normalized spacial score (nSPS) is 9.83. The van der Waals surface area contributed by atoms with Gasteiger partial charge in [0.15, 0.2) is 0 Å². The fourth-order valence-corrected chi connectivity index (χ4v) is 1.25. The lowest BCUT2D eigenvalue weighted by Crippen LogP contribution is -2.02. The minimum absolute atomic E-state index is 0.0261. The summed E-state index contributed by atoms with van der Waals surface area (Å²) >= 11 is 3.28. The molecule has 0 aliphatic carbocycles. The van der Waals surface area contributed by atoms with E-state index in [0.717, 1.165) is 15.6 Å². The predicted molar refractivity (Wildman–Crippen MR) is 48.0 cm³/mol. The second-order valence-corrected chi connectivity index (χ2v) is 3.33. The second kappa shape index (κ2) is 3.67. The maximum Gasteiger partial charge on any atom is 0.307 e. The van der Waals surface area contributed by atoms with Crippen molar-refractivity contribution in [3.8, 4) is 0 Å². The Hall–Kier alpha value is -0.900. The van der Waals surface area contributed by atoms with Gasteiger partial charge in [-0.1, -0.05) is 0 Å². The fraction of sp³-hybridized carbons (Fsp3) is 0.250. The van der Waals surface area contributed by atoms with Crippen LogP contribution < -0.4 is 0 Å². The maximum atomic E-state index is 10.4. The molecule has 0 aliphatic rings. The Morgan fingerprint density at radius 1 is 1.67 bits per heavy atom. The van der Waals surface area contributed by atoms with Gasteiger partial charge in [-0.05, 0) is 34.0 Å². The number of carboxylic acids is 1. The van der Waals surface area contributed by atoms with Gasteiger partial charge in [-0.15, -0.1) is 0 Å². The van der Waals surface area contributed by atoms with E-state index in [0.29, 0.717) is 0 Å². The zero-order valence-electron chi connectivity index (χ0n) is 6.54. The number of hydrogen-bond acceptors (Lipinski definition) is 2. The molecule has 12 heavy (non-hydrogen) atoms. The molecule has 0 aromatic carbocycles. The molecule has 3 nitrogen and oxygen atoms in total. The van der Waals surface area contributed by atoms with Crippen molar-refractivity contribution in [1.82, 2.24) is 4.98 Å². The molecule has 4 heteroatoms. The first-order valence-electron chi connectivity index (χ1n) is 3.42. The third-order valence-electron chi connectivity index (χ3n) is 1.60. The molecule has 0 amide bonds. The van der Waals surface area contributed by atoms with Gasteiger partial charge in [-0.3, -0.25) is 9.78 Å². The summed E-state index contributed by atoms with van der Waals surface area (Å²) < 4.78 is 0.848. The third kappa shape index (κ3) is 2.04. The summed E-state index contributed by atoms with van der Waals surface area (Å²) in [4.78, 5) is 14.3. The van der Waals surface area contributed by atoms with Crippen molar-refractivity contribution >= 4 is 21.9 Å². The zero-order chi connectivity index (χ0) is 9.14. The molecule has 0 bridgehead atoms. The molecular weight excluding hydrogens is 222 g/mol. The topological polar surface area (TPSA) is 50.2 Å². The van der Waals surface area contributed by atoms with Crippen molar-refractivity contribution in [3.63, 3.8) is 0 Å². The van der Waals surface area contributed by atoms with Gasteiger partial charge in [0.2, 0.25) is 0 Å². The van der Waals surface area contributed by atoms with Gasteiger partial charge >= 0.3 is 5.97 Å². The highest BCUT2D eigenvalue weighted by Gasteiger charge is 2.05. The SMILES string of the molecule is Cc1c(Br)cncc1CC(=O)O. The van der Waals surface area contributed by atoms with E-state index < -0.39 is 5.97 Å². The molecule has 1 aromatic heterocycles. The van der Waals surface area contributed by atoms with Crippen molar-refractivity contribution in [3.05, 3.63) is 28.0 Å². The largest absolute Gasteiger partial charge is 0.481 e. The van der Waals surface area contributed by atoms with Gasteiger partial charge in [0.1, 0.15) is 0 Å². The highest BCUT2D eigenvalue weighted by molar-refractivity contribution is 9.10. The van der Waals surface area contributed by atoms with E-state index >= 15 is 0 Å². The Bertz CT molecular complexity index is 312. The van der Waals surface area contributed by atoms with Crippen LogP contribution in [0, 0.1) is 6.92 Å². The summed E-state index contributed by atoms with van der Waals surface area (Å²) in [7, 11) is 0. The van der Waals surface area contributed by atoms with Crippen LogP contribution in [0.5, 0.6) is 0 Å². The number of pyridine rings is 1. The highest BCUT2D eigenvalue weighted by atomic mass is 79.9. The van der Waals surface area contributed by atoms with Crippen LogP contribution in [-0.2, 0) is 11.2 Å². The number of hydrogen-bond donors (Lipinski definition) is 1. The van der Waals surface area contributed by atoms with Crippen LogP contribution in [0.2, 0.25) is 0 Å². The number of halogens is 1. The smallest absolute Gasteiger partial charge is 0.307 e. The molecule has 1 N–H and O–H groups in total. The Balaban J connectivity index is 3.00. The van der Waals surface area contributed by atoms with Crippen LogP contribution in [0.25, 0.3) is 0 Å². The summed E-state index contributed by atoms with van der Waals surface area (Å²) in [6, 6.07) is 0. The van der Waals surface area contributed by atoms with E-state index in [2.05, 4.69) is 20.9 Å². The molecule has 0 unspecified atom stereocenters. The van der Waals surface area contributed by atoms with E-state index in [-0.39, 0.29) is 6.42 Å². The number of aromatic nitrogens is 1. The number of aliphatic carboxylic acids is 1. The molecule has 0 saturated carbocycles. The molecule has 1 aromatic rings. The average Bonchev–Trinajstić information content (AvgIpc) is 1.98. The summed E-state index contributed by atoms with van der Waals surface area (Å²) in [6.45, 7) is 1.87. The van der Waals surface area contributed by atoms with E-state index in [1.807, 2.05) is 6.92 Å². The second-order valence-electron chi connectivity index (χ2n) is 2.48. The first-order valence-corrected chi connectivity index (χ1v) is 4.21. The van der Waals surface area contributed by atoms with Gasteiger partial charge in [0.05, 0.1) is 6.42 Å². The zero-order valence-corrected chi connectivity index (χ0v) is 8.13. The summed E-state index contributed by atoms with van der Waals surface area (Å²) in [5.41, 5.74) is 1.68. The van der Waals surface area contributed by atoms with Crippen molar-refractivity contribution < 1.29 is 9.90 Å².